The van der Waals surface area contributed by atoms with Crippen LogP contribution < -0.4 is 10.5 Å². The number of aliphatic hydroxyl groups is 1. The minimum Gasteiger partial charge on any atom is -0.399 e. The van der Waals surface area contributed by atoms with E-state index in [2.05, 4.69) is 4.72 Å². The van der Waals surface area contributed by atoms with Crippen LogP contribution in [0.5, 0.6) is 0 Å². The molecule has 1 aromatic carbocycles. The van der Waals surface area contributed by atoms with Gasteiger partial charge in [0.1, 0.15) is 0 Å². The zero-order valence-electron chi connectivity index (χ0n) is 11.6. The summed E-state index contributed by atoms with van der Waals surface area (Å²) in [6.07, 6.45) is 0.525. The Morgan fingerprint density at radius 3 is 2.32 bits per heavy atom. The molecule has 0 spiro atoms. The topological polar surface area (TPSA) is 92.4 Å². The average Bonchev–Trinajstić information content (AvgIpc) is 2.26. The number of benzene rings is 1. The molecule has 0 radical (unpaired) electrons. The van der Waals surface area contributed by atoms with Crippen molar-refractivity contribution in [1.82, 2.24) is 4.72 Å². The maximum atomic E-state index is 12.0. The van der Waals surface area contributed by atoms with Gasteiger partial charge in [0.25, 0.3) is 0 Å². The van der Waals surface area contributed by atoms with Crippen LogP contribution in [0.2, 0.25) is 0 Å². The normalized spacial score (nSPS) is 15.4. The fourth-order valence-electron chi connectivity index (χ4n) is 1.93. The third-order valence-corrected chi connectivity index (χ3v) is 4.10. The fraction of sp³-hybridized carbons (Fsp3) is 0.538. The molecule has 4 N–H and O–H groups in total. The Bertz CT molecular complexity index is 507. The van der Waals surface area contributed by atoms with Crippen LogP contribution in [-0.2, 0) is 10.0 Å². The molecule has 0 saturated carbocycles. The molecule has 1 aromatic rings. The van der Waals surface area contributed by atoms with Gasteiger partial charge in [0.05, 0.1) is 10.5 Å². The van der Waals surface area contributed by atoms with Gasteiger partial charge < -0.3 is 10.8 Å². The van der Waals surface area contributed by atoms with E-state index in [1.165, 1.54) is 24.3 Å². The molecular formula is C13H22N2O3S. The number of anilines is 1. The first-order valence-corrected chi connectivity index (χ1v) is 7.68. The molecular weight excluding hydrogens is 264 g/mol. The minimum atomic E-state index is -3.61. The van der Waals surface area contributed by atoms with Crippen molar-refractivity contribution in [1.29, 1.82) is 0 Å². The van der Waals surface area contributed by atoms with Crippen molar-refractivity contribution in [3.8, 4) is 0 Å². The molecule has 0 bridgehead atoms. The fourth-order valence-corrected chi connectivity index (χ4v) is 3.09. The molecule has 108 valence electrons. The van der Waals surface area contributed by atoms with E-state index in [-0.39, 0.29) is 17.4 Å². The highest BCUT2D eigenvalue weighted by molar-refractivity contribution is 7.89. The standard InChI is InChI=1S/C13H22N2O3S/c1-10(2)8-13(3,16)9-15-19(17,18)12-6-4-11(14)5-7-12/h4-7,10,15-16H,8-9,14H2,1-3H3. The summed E-state index contributed by atoms with van der Waals surface area (Å²) in [5, 5.41) is 10.1. The number of nitrogens with one attached hydrogen (secondary N) is 1. The molecule has 19 heavy (non-hydrogen) atoms. The zero-order valence-corrected chi connectivity index (χ0v) is 12.4. The van der Waals surface area contributed by atoms with E-state index >= 15 is 0 Å². The molecule has 1 unspecified atom stereocenters. The van der Waals surface area contributed by atoms with Gasteiger partial charge in [-0.1, -0.05) is 13.8 Å². The van der Waals surface area contributed by atoms with Gasteiger partial charge in [-0.3, -0.25) is 0 Å². The summed E-state index contributed by atoms with van der Waals surface area (Å²) >= 11 is 0. The van der Waals surface area contributed by atoms with E-state index < -0.39 is 15.6 Å². The Hall–Kier alpha value is -1.11. The van der Waals surface area contributed by atoms with Crippen LogP contribution in [0.3, 0.4) is 0 Å². The molecule has 5 nitrogen and oxygen atoms in total. The van der Waals surface area contributed by atoms with Gasteiger partial charge in [0.2, 0.25) is 10.0 Å². The first kappa shape index (κ1) is 15.9. The number of hydrogen-bond acceptors (Lipinski definition) is 4. The molecule has 0 saturated heterocycles. The van der Waals surface area contributed by atoms with Crippen molar-refractivity contribution in [3.63, 3.8) is 0 Å². The highest BCUT2D eigenvalue weighted by Gasteiger charge is 2.25. The predicted molar refractivity (Wildman–Crippen MR) is 76.1 cm³/mol. The number of hydrogen-bond donors (Lipinski definition) is 3. The van der Waals surface area contributed by atoms with E-state index in [4.69, 9.17) is 5.73 Å². The van der Waals surface area contributed by atoms with Crippen LogP contribution in [0.4, 0.5) is 5.69 Å². The largest absolute Gasteiger partial charge is 0.399 e. The van der Waals surface area contributed by atoms with Gasteiger partial charge in [0.15, 0.2) is 0 Å². The van der Waals surface area contributed by atoms with Crippen LogP contribution in [0.25, 0.3) is 0 Å². The summed E-state index contributed by atoms with van der Waals surface area (Å²) in [6.45, 7) is 5.56. The van der Waals surface area contributed by atoms with Crippen molar-refractivity contribution in [2.24, 2.45) is 5.92 Å². The lowest BCUT2D eigenvalue weighted by Crippen LogP contribution is -2.41. The van der Waals surface area contributed by atoms with E-state index in [1.807, 2.05) is 13.8 Å². The SMILES string of the molecule is CC(C)CC(C)(O)CNS(=O)(=O)c1ccc(N)cc1. The van der Waals surface area contributed by atoms with Crippen molar-refractivity contribution < 1.29 is 13.5 Å². The lowest BCUT2D eigenvalue weighted by Gasteiger charge is -2.25. The number of nitrogen functional groups attached to an aromatic ring is 1. The third-order valence-electron chi connectivity index (χ3n) is 2.68. The Kier molecular flexibility index (Phi) is 4.95. The highest BCUT2D eigenvalue weighted by Crippen LogP contribution is 2.17. The van der Waals surface area contributed by atoms with E-state index in [9.17, 15) is 13.5 Å². The second kappa shape index (κ2) is 5.90. The molecule has 6 heteroatoms. The highest BCUT2D eigenvalue weighted by atomic mass is 32.2. The lowest BCUT2D eigenvalue weighted by molar-refractivity contribution is 0.0437. The summed E-state index contributed by atoms with van der Waals surface area (Å²) in [5.74, 6) is 0.288. The van der Waals surface area contributed by atoms with Crippen LogP contribution in [-0.4, -0.2) is 25.7 Å². The minimum absolute atomic E-state index is 0.0160. The van der Waals surface area contributed by atoms with Crippen molar-refractivity contribution in [3.05, 3.63) is 24.3 Å². The Morgan fingerprint density at radius 2 is 1.84 bits per heavy atom. The Labute approximate surface area is 114 Å². The first-order valence-electron chi connectivity index (χ1n) is 6.20. The van der Waals surface area contributed by atoms with E-state index in [0.717, 1.165) is 0 Å². The van der Waals surface area contributed by atoms with Crippen LogP contribution in [0, 0.1) is 5.92 Å². The molecule has 1 rings (SSSR count). The lowest BCUT2D eigenvalue weighted by atomic mass is 9.95. The second-order valence-electron chi connectivity index (χ2n) is 5.49. The molecule has 1 atom stereocenters. The van der Waals surface area contributed by atoms with Gasteiger partial charge in [-0.15, -0.1) is 0 Å². The van der Waals surface area contributed by atoms with Crippen LogP contribution >= 0.6 is 0 Å². The van der Waals surface area contributed by atoms with Crippen LogP contribution in [0.15, 0.2) is 29.2 Å². The van der Waals surface area contributed by atoms with Crippen molar-refractivity contribution in [2.45, 2.75) is 37.7 Å². The van der Waals surface area contributed by atoms with E-state index in [0.29, 0.717) is 12.1 Å². The Balaban J connectivity index is 2.73. The van der Waals surface area contributed by atoms with Crippen LogP contribution in [0.1, 0.15) is 27.2 Å². The Morgan fingerprint density at radius 1 is 1.32 bits per heavy atom. The van der Waals surface area contributed by atoms with Crippen molar-refractivity contribution >= 4 is 15.7 Å². The molecule has 0 aromatic heterocycles. The number of rotatable bonds is 6. The predicted octanol–water partition coefficient (Wildman–Crippen LogP) is 1.34. The maximum absolute atomic E-state index is 12.0. The first-order chi connectivity index (χ1) is 8.62. The third kappa shape index (κ3) is 5.18. The van der Waals surface area contributed by atoms with E-state index in [1.54, 1.807) is 6.92 Å². The molecule has 0 amide bonds. The quantitative estimate of drug-likeness (QED) is 0.688. The van der Waals surface area contributed by atoms with Gasteiger partial charge in [-0.25, -0.2) is 13.1 Å². The maximum Gasteiger partial charge on any atom is 0.240 e. The number of nitrogens with two attached hydrogens (primary N) is 1. The van der Waals surface area contributed by atoms with Crippen molar-refractivity contribution in [2.75, 3.05) is 12.3 Å². The summed E-state index contributed by atoms with van der Waals surface area (Å²) in [7, 11) is -3.61. The van der Waals surface area contributed by atoms with Gasteiger partial charge >= 0.3 is 0 Å². The molecule has 0 aliphatic heterocycles. The zero-order chi connectivity index (χ0) is 14.7. The summed E-state index contributed by atoms with van der Waals surface area (Å²) in [4.78, 5) is 0.141. The second-order valence-corrected chi connectivity index (χ2v) is 7.26. The van der Waals surface area contributed by atoms with Gasteiger partial charge in [-0.2, -0.15) is 0 Å². The molecule has 0 fully saturated rings. The average molecular weight is 286 g/mol. The van der Waals surface area contributed by atoms with Gasteiger partial charge in [-0.05, 0) is 43.5 Å². The summed E-state index contributed by atoms with van der Waals surface area (Å²) in [5.41, 5.74) is 4.96. The smallest absolute Gasteiger partial charge is 0.240 e. The molecule has 0 aliphatic carbocycles. The molecule has 0 heterocycles. The monoisotopic (exact) mass is 286 g/mol. The number of sulfonamides is 1. The summed E-state index contributed by atoms with van der Waals surface area (Å²) < 4.78 is 26.4. The molecule has 0 aliphatic rings. The summed E-state index contributed by atoms with van der Waals surface area (Å²) in [6, 6.07) is 5.94. The van der Waals surface area contributed by atoms with Gasteiger partial charge in [0, 0.05) is 12.2 Å².